The van der Waals surface area contributed by atoms with Gasteiger partial charge in [-0.15, -0.1) is 11.3 Å². The first-order valence-corrected chi connectivity index (χ1v) is 21.9. The van der Waals surface area contributed by atoms with Gasteiger partial charge >= 0.3 is 0 Å². The minimum atomic E-state index is 0.592. The molecule has 13 rings (SSSR count). The third kappa shape index (κ3) is 5.73. The molecule has 0 aliphatic rings. The molecule has 0 aliphatic heterocycles. The second kappa shape index (κ2) is 14.2. The number of hydrogen-bond donors (Lipinski definition) is 0. The van der Waals surface area contributed by atoms with Crippen LogP contribution in [-0.4, -0.2) is 19.5 Å². The number of benzene rings is 9. The van der Waals surface area contributed by atoms with Crippen molar-refractivity contribution in [3.63, 3.8) is 0 Å². The Labute approximate surface area is 365 Å². The summed E-state index contributed by atoms with van der Waals surface area (Å²) in [5.74, 6) is 1.83. The van der Waals surface area contributed by atoms with Gasteiger partial charge in [0.25, 0.3) is 0 Å². The fourth-order valence-electron chi connectivity index (χ4n) is 9.40. The maximum atomic E-state index is 6.76. The van der Waals surface area contributed by atoms with Gasteiger partial charge < -0.3 is 8.98 Å². The summed E-state index contributed by atoms with van der Waals surface area (Å²) < 4.78 is 11.6. The molecule has 9 aromatic carbocycles. The van der Waals surface area contributed by atoms with E-state index in [-0.39, 0.29) is 0 Å². The average Bonchev–Trinajstić information content (AvgIpc) is 4.04. The Morgan fingerprint density at radius 3 is 1.78 bits per heavy atom. The Kier molecular flexibility index (Phi) is 8.01. The van der Waals surface area contributed by atoms with Crippen molar-refractivity contribution in [1.29, 1.82) is 0 Å². The monoisotopic (exact) mass is 822 g/mol. The van der Waals surface area contributed by atoms with E-state index in [4.69, 9.17) is 19.4 Å². The van der Waals surface area contributed by atoms with Crippen LogP contribution in [0.25, 0.3) is 126 Å². The fraction of sp³-hybridized carbons (Fsp3) is 0. The molecule has 0 aliphatic carbocycles. The van der Waals surface area contributed by atoms with Crippen LogP contribution in [0.5, 0.6) is 0 Å². The molecular weight excluding hydrogens is 789 g/mol. The summed E-state index contributed by atoms with van der Waals surface area (Å²) in [4.78, 5) is 15.6. The minimum absolute atomic E-state index is 0.592. The number of para-hydroxylation sites is 2. The van der Waals surface area contributed by atoms with Crippen molar-refractivity contribution in [1.82, 2.24) is 19.5 Å². The quantitative estimate of drug-likeness (QED) is 0.168. The van der Waals surface area contributed by atoms with E-state index < -0.39 is 0 Å². The highest BCUT2D eigenvalue weighted by Crippen LogP contribution is 2.43. The molecule has 13 aromatic rings. The fourth-order valence-corrected chi connectivity index (χ4v) is 10.7. The second-order valence-electron chi connectivity index (χ2n) is 15.9. The summed E-state index contributed by atoms with van der Waals surface area (Å²) in [7, 11) is 0. The van der Waals surface area contributed by atoms with Crippen molar-refractivity contribution in [3.05, 3.63) is 206 Å². The Bertz CT molecular complexity index is 3910. The first kappa shape index (κ1) is 35.6. The maximum absolute atomic E-state index is 6.76. The first-order valence-electron chi connectivity index (χ1n) is 21.1. The lowest BCUT2D eigenvalue weighted by atomic mass is 10.0. The molecule has 0 bridgehead atoms. The summed E-state index contributed by atoms with van der Waals surface area (Å²) in [6.07, 6.45) is 0. The van der Waals surface area contributed by atoms with Crippen LogP contribution in [0.15, 0.2) is 211 Å². The zero-order chi connectivity index (χ0) is 41.4. The predicted molar refractivity (Wildman–Crippen MR) is 262 cm³/mol. The number of thiophene rings is 1. The average molecular weight is 823 g/mol. The number of aromatic nitrogens is 4. The SMILES string of the molecule is c1ccc(-c2nc(-c3ccc4c(c3)sc3c(-c5ccccc5)cccc34)nc(-c3cccc4oc5cc(-n6c7ccccc7c7cccc(-c8ccccc8)c76)ccc5c34)n2)cc1. The smallest absolute Gasteiger partial charge is 0.164 e. The normalized spacial score (nSPS) is 11.8. The number of rotatable bonds is 6. The van der Waals surface area contributed by atoms with E-state index in [0.717, 1.165) is 55.3 Å². The van der Waals surface area contributed by atoms with Gasteiger partial charge in [-0.1, -0.05) is 170 Å². The molecule has 0 amide bonds. The molecule has 0 saturated carbocycles. The van der Waals surface area contributed by atoms with Crippen LogP contribution in [0, 0.1) is 0 Å². The molecule has 0 atom stereocenters. The molecule has 4 aromatic heterocycles. The van der Waals surface area contributed by atoms with E-state index in [0.29, 0.717) is 17.5 Å². The summed E-state index contributed by atoms with van der Waals surface area (Å²) in [6.45, 7) is 0. The zero-order valence-corrected chi connectivity index (χ0v) is 34.6. The Morgan fingerprint density at radius 2 is 0.984 bits per heavy atom. The van der Waals surface area contributed by atoms with Crippen LogP contribution < -0.4 is 0 Å². The van der Waals surface area contributed by atoms with Gasteiger partial charge in [-0.05, 0) is 47.0 Å². The van der Waals surface area contributed by atoms with Crippen molar-refractivity contribution < 1.29 is 4.42 Å². The molecule has 294 valence electrons. The predicted octanol–water partition coefficient (Wildman–Crippen LogP) is 15.6. The van der Waals surface area contributed by atoms with Crippen LogP contribution in [0.4, 0.5) is 0 Å². The minimum Gasteiger partial charge on any atom is -0.456 e. The summed E-state index contributed by atoms with van der Waals surface area (Å²) in [5.41, 5.74) is 12.5. The van der Waals surface area contributed by atoms with Gasteiger partial charge in [0.2, 0.25) is 0 Å². The van der Waals surface area contributed by atoms with Crippen LogP contribution in [0.2, 0.25) is 0 Å². The molecule has 0 fully saturated rings. The first-order chi connectivity index (χ1) is 31.2. The highest BCUT2D eigenvalue weighted by Gasteiger charge is 2.21. The molecule has 63 heavy (non-hydrogen) atoms. The summed E-state index contributed by atoms with van der Waals surface area (Å²) >= 11 is 1.81. The lowest BCUT2D eigenvalue weighted by Gasteiger charge is -2.12. The van der Waals surface area contributed by atoms with Crippen LogP contribution in [0.3, 0.4) is 0 Å². The van der Waals surface area contributed by atoms with Crippen LogP contribution in [0.1, 0.15) is 0 Å². The molecule has 5 nitrogen and oxygen atoms in total. The van der Waals surface area contributed by atoms with Crippen molar-refractivity contribution >= 4 is 75.3 Å². The lowest BCUT2D eigenvalue weighted by Crippen LogP contribution is -2.00. The van der Waals surface area contributed by atoms with Gasteiger partial charge in [0.1, 0.15) is 11.2 Å². The molecule has 0 unspecified atom stereocenters. The van der Waals surface area contributed by atoms with Gasteiger partial charge in [0.05, 0.1) is 11.0 Å². The largest absolute Gasteiger partial charge is 0.456 e. The van der Waals surface area contributed by atoms with E-state index in [2.05, 4.69) is 180 Å². The number of furan rings is 1. The third-order valence-electron chi connectivity index (χ3n) is 12.3. The lowest BCUT2D eigenvalue weighted by molar-refractivity contribution is 0.668. The molecular formula is C57H34N4OS. The highest BCUT2D eigenvalue weighted by atomic mass is 32.1. The number of hydrogen-bond acceptors (Lipinski definition) is 5. The molecule has 0 N–H and O–H groups in total. The molecule has 0 radical (unpaired) electrons. The van der Waals surface area contributed by atoms with Gasteiger partial charge in [0.15, 0.2) is 17.5 Å². The van der Waals surface area contributed by atoms with Crippen molar-refractivity contribution in [2.75, 3.05) is 0 Å². The molecule has 0 spiro atoms. The van der Waals surface area contributed by atoms with E-state index in [1.807, 2.05) is 41.7 Å². The van der Waals surface area contributed by atoms with E-state index in [1.54, 1.807) is 0 Å². The second-order valence-corrected chi connectivity index (χ2v) is 17.0. The third-order valence-corrected chi connectivity index (χ3v) is 13.5. The number of nitrogens with zero attached hydrogens (tertiary/aromatic N) is 4. The van der Waals surface area contributed by atoms with E-state index in [1.165, 1.54) is 53.2 Å². The Morgan fingerprint density at radius 1 is 0.381 bits per heavy atom. The Hall–Kier alpha value is -8.19. The highest BCUT2D eigenvalue weighted by molar-refractivity contribution is 7.26. The molecule has 6 heteroatoms. The van der Waals surface area contributed by atoms with Crippen LogP contribution >= 0.6 is 11.3 Å². The van der Waals surface area contributed by atoms with E-state index >= 15 is 0 Å². The van der Waals surface area contributed by atoms with Crippen molar-refractivity contribution in [2.45, 2.75) is 0 Å². The maximum Gasteiger partial charge on any atom is 0.164 e. The molecule has 4 heterocycles. The van der Waals surface area contributed by atoms with Gasteiger partial charge in [0, 0.05) is 75.7 Å². The van der Waals surface area contributed by atoms with E-state index in [9.17, 15) is 0 Å². The van der Waals surface area contributed by atoms with Gasteiger partial charge in [-0.25, -0.2) is 15.0 Å². The topological polar surface area (TPSA) is 56.7 Å². The van der Waals surface area contributed by atoms with Gasteiger partial charge in [-0.2, -0.15) is 0 Å². The van der Waals surface area contributed by atoms with Gasteiger partial charge in [-0.3, -0.25) is 0 Å². The standard InChI is InChI=1S/C57H34N4OS/c1-4-15-35(16-5-1)40-22-12-24-44-42-21-10-11-27-48(42)61(53(40)44)39-30-32-46-50(34-39)62-49-28-14-26-47(52(46)49)57-59-55(37-19-8-3-9-20-37)58-56(60-57)38-29-31-43-45-25-13-23-41(36-17-6-2-7-18-36)54(45)63-51(43)33-38/h1-34H. The summed E-state index contributed by atoms with van der Waals surface area (Å²) in [6, 6.07) is 72.5. The van der Waals surface area contributed by atoms with Crippen molar-refractivity contribution in [2.24, 2.45) is 0 Å². The van der Waals surface area contributed by atoms with Crippen LogP contribution in [-0.2, 0) is 0 Å². The van der Waals surface area contributed by atoms with Crippen molar-refractivity contribution in [3.8, 4) is 62.1 Å². The summed E-state index contributed by atoms with van der Waals surface area (Å²) in [5, 5.41) is 6.86. The zero-order valence-electron chi connectivity index (χ0n) is 33.7. The molecule has 0 saturated heterocycles. The Balaban J connectivity index is 0.983. The number of fused-ring (bicyclic) bond motifs is 9.